The molecule has 0 saturated carbocycles. The van der Waals surface area contributed by atoms with E-state index in [1.807, 2.05) is 0 Å². The van der Waals surface area contributed by atoms with E-state index >= 15 is 0 Å². The number of hydrogen-bond donors (Lipinski definition) is 3. The van der Waals surface area contributed by atoms with Crippen molar-refractivity contribution in [2.45, 2.75) is 23.8 Å². The molecule has 1 aromatic carbocycles. The fourth-order valence-corrected chi connectivity index (χ4v) is 3.26. The van der Waals surface area contributed by atoms with Crippen molar-refractivity contribution in [1.82, 2.24) is 4.72 Å². The monoisotopic (exact) mass is 301 g/mol. The molecule has 1 heterocycles. The van der Waals surface area contributed by atoms with Crippen LogP contribution >= 0.6 is 0 Å². The minimum atomic E-state index is -3.84. The van der Waals surface area contributed by atoms with Gasteiger partial charge in [0.1, 0.15) is 11.3 Å². The van der Waals surface area contributed by atoms with Crippen LogP contribution in [0.2, 0.25) is 0 Å². The van der Waals surface area contributed by atoms with Crippen LogP contribution in [0.3, 0.4) is 0 Å². The summed E-state index contributed by atoms with van der Waals surface area (Å²) in [6.07, 6.45) is 1.44. The van der Waals surface area contributed by atoms with Crippen molar-refractivity contribution in [3.63, 3.8) is 0 Å². The Morgan fingerprint density at radius 3 is 2.75 bits per heavy atom. The van der Waals surface area contributed by atoms with Crippen LogP contribution in [0.25, 0.3) is 0 Å². The lowest BCUT2D eigenvalue weighted by Gasteiger charge is -2.23. The first-order valence-corrected chi connectivity index (χ1v) is 7.55. The van der Waals surface area contributed by atoms with Gasteiger partial charge < -0.3 is 14.9 Å². The lowest BCUT2D eigenvalue weighted by molar-refractivity contribution is 0.0693. The number of ether oxygens (including phenoxy) is 1. The molecule has 3 N–H and O–H groups in total. The number of carboxylic acids is 1. The van der Waals surface area contributed by atoms with E-state index in [4.69, 9.17) is 9.84 Å². The number of benzene rings is 1. The number of rotatable bonds is 4. The molecule has 1 aromatic rings. The highest BCUT2D eigenvalue weighted by Gasteiger charge is 2.24. The molecule has 1 aliphatic heterocycles. The summed E-state index contributed by atoms with van der Waals surface area (Å²) in [7, 11) is -3.84. The number of carbonyl (C=O) groups is 1. The molecule has 0 aromatic heterocycles. The van der Waals surface area contributed by atoms with Crippen molar-refractivity contribution in [2.24, 2.45) is 0 Å². The Bertz CT molecular complexity index is 606. The number of aromatic carboxylic acids is 1. The molecule has 1 saturated heterocycles. The smallest absolute Gasteiger partial charge is 0.339 e. The van der Waals surface area contributed by atoms with E-state index in [9.17, 15) is 18.3 Å². The highest BCUT2D eigenvalue weighted by molar-refractivity contribution is 7.89. The van der Waals surface area contributed by atoms with Crippen LogP contribution in [-0.2, 0) is 14.8 Å². The van der Waals surface area contributed by atoms with E-state index in [1.165, 1.54) is 0 Å². The summed E-state index contributed by atoms with van der Waals surface area (Å²) < 4.78 is 31.9. The summed E-state index contributed by atoms with van der Waals surface area (Å²) in [5.41, 5.74) is -0.451. The van der Waals surface area contributed by atoms with Gasteiger partial charge >= 0.3 is 5.97 Å². The van der Waals surface area contributed by atoms with Crippen molar-refractivity contribution < 1.29 is 28.2 Å². The Balaban J connectivity index is 2.24. The topological polar surface area (TPSA) is 113 Å². The third kappa shape index (κ3) is 3.27. The fraction of sp³-hybridized carbons (Fsp3) is 0.417. The Morgan fingerprint density at radius 1 is 1.40 bits per heavy atom. The molecule has 1 unspecified atom stereocenters. The highest BCUT2D eigenvalue weighted by Crippen LogP contribution is 2.22. The summed E-state index contributed by atoms with van der Waals surface area (Å²) in [5.74, 6) is -1.86. The van der Waals surface area contributed by atoms with E-state index in [-0.39, 0.29) is 10.9 Å². The second kappa shape index (κ2) is 5.78. The maximum Gasteiger partial charge on any atom is 0.339 e. The standard InChI is InChI=1S/C12H15NO6S/c14-11-4-3-9(6-10(11)12(15)16)20(17,18)13-8-2-1-5-19-7-8/h3-4,6,8,13-14H,1-2,5,7H2,(H,15,16). The van der Waals surface area contributed by atoms with Crippen molar-refractivity contribution in [3.8, 4) is 5.75 Å². The molecule has 0 spiro atoms. The zero-order chi connectivity index (χ0) is 14.8. The minimum absolute atomic E-state index is 0.196. The molecule has 7 nitrogen and oxygen atoms in total. The second-order valence-electron chi connectivity index (χ2n) is 4.52. The average molecular weight is 301 g/mol. The summed E-state index contributed by atoms with van der Waals surface area (Å²) >= 11 is 0. The number of nitrogens with one attached hydrogen (secondary N) is 1. The molecule has 1 fully saturated rings. The third-order valence-corrected chi connectivity index (χ3v) is 4.51. The maximum atomic E-state index is 12.1. The van der Waals surface area contributed by atoms with E-state index in [1.54, 1.807) is 0 Å². The normalized spacial score (nSPS) is 19.7. The molecule has 1 atom stereocenters. The molecule has 2 rings (SSSR count). The van der Waals surface area contributed by atoms with Gasteiger partial charge in [0.15, 0.2) is 0 Å². The zero-order valence-electron chi connectivity index (χ0n) is 10.6. The van der Waals surface area contributed by atoms with Crippen LogP contribution < -0.4 is 4.72 Å². The van der Waals surface area contributed by atoms with E-state index < -0.39 is 27.3 Å². The van der Waals surface area contributed by atoms with Crippen LogP contribution in [0.1, 0.15) is 23.2 Å². The molecular formula is C12H15NO6S. The molecule has 0 radical (unpaired) electrons. The Hall–Kier alpha value is -1.64. The van der Waals surface area contributed by atoms with Crippen LogP contribution in [0.15, 0.2) is 23.1 Å². The Morgan fingerprint density at radius 2 is 2.15 bits per heavy atom. The fourth-order valence-electron chi connectivity index (χ4n) is 1.97. The SMILES string of the molecule is O=C(O)c1cc(S(=O)(=O)NC2CCCOC2)ccc1O. The van der Waals surface area contributed by atoms with Gasteiger partial charge in [-0.1, -0.05) is 0 Å². The van der Waals surface area contributed by atoms with Gasteiger partial charge in [-0.25, -0.2) is 17.9 Å². The van der Waals surface area contributed by atoms with Crippen LogP contribution in [0, 0.1) is 0 Å². The molecule has 0 amide bonds. The molecule has 1 aliphatic rings. The highest BCUT2D eigenvalue weighted by atomic mass is 32.2. The summed E-state index contributed by atoms with van der Waals surface area (Å²) in [6.45, 7) is 0.906. The van der Waals surface area contributed by atoms with Crippen molar-refractivity contribution in [3.05, 3.63) is 23.8 Å². The quantitative estimate of drug-likeness (QED) is 0.748. The van der Waals surface area contributed by atoms with Crippen molar-refractivity contribution in [1.29, 1.82) is 0 Å². The first kappa shape index (κ1) is 14.8. The molecule has 0 bridgehead atoms. The van der Waals surface area contributed by atoms with Crippen molar-refractivity contribution in [2.75, 3.05) is 13.2 Å². The predicted molar refractivity (Wildman–Crippen MR) is 69.2 cm³/mol. The first-order chi connectivity index (χ1) is 9.40. The van der Waals surface area contributed by atoms with Crippen LogP contribution in [0.5, 0.6) is 5.75 Å². The molecule has 8 heteroatoms. The van der Waals surface area contributed by atoms with Gasteiger partial charge in [0.25, 0.3) is 0 Å². The number of hydrogen-bond acceptors (Lipinski definition) is 5. The van der Waals surface area contributed by atoms with E-state index in [2.05, 4.69) is 4.72 Å². The molecular weight excluding hydrogens is 286 g/mol. The van der Waals surface area contributed by atoms with Gasteiger partial charge in [-0.15, -0.1) is 0 Å². The van der Waals surface area contributed by atoms with Crippen molar-refractivity contribution >= 4 is 16.0 Å². The van der Waals surface area contributed by atoms with Gasteiger partial charge in [0.2, 0.25) is 10.0 Å². The van der Waals surface area contributed by atoms with Gasteiger partial charge in [-0.05, 0) is 31.0 Å². The molecule has 110 valence electrons. The molecule has 20 heavy (non-hydrogen) atoms. The predicted octanol–water partition coefficient (Wildman–Crippen LogP) is 0.548. The molecule has 0 aliphatic carbocycles. The maximum absolute atomic E-state index is 12.1. The lowest BCUT2D eigenvalue weighted by atomic mass is 10.1. The zero-order valence-corrected chi connectivity index (χ0v) is 11.4. The largest absolute Gasteiger partial charge is 0.507 e. The lowest BCUT2D eigenvalue weighted by Crippen LogP contribution is -2.40. The second-order valence-corrected chi connectivity index (χ2v) is 6.23. The van der Waals surface area contributed by atoms with Crippen LogP contribution in [0.4, 0.5) is 0 Å². The number of sulfonamides is 1. The van der Waals surface area contributed by atoms with Gasteiger partial charge in [-0.3, -0.25) is 0 Å². The van der Waals surface area contributed by atoms with E-state index in [0.717, 1.165) is 24.6 Å². The summed E-state index contributed by atoms with van der Waals surface area (Å²) in [6, 6.07) is 2.82. The minimum Gasteiger partial charge on any atom is -0.507 e. The Labute approximate surface area is 116 Å². The van der Waals surface area contributed by atoms with Gasteiger partial charge in [-0.2, -0.15) is 0 Å². The number of carboxylic acid groups (broad SMARTS) is 1. The van der Waals surface area contributed by atoms with Gasteiger partial charge in [0.05, 0.1) is 11.5 Å². The number of phenols is 1. The number of aromatic hydroxyl groups is 1. The first-order valence-electron chi connectivity index (χ1n) is 6.06. The van der Waals surface area contributed by atoms with Gasteiger partial charge in [0, 0.05) is 12.6 Å². The van der Waals surface area contributed by atoms with Crippen LogP contribution in [-0.4, -0.2) is 43.9 Å². The third-order valence-electron chi connectivity index (χ3n) is 2.99. The Kier molecular flexibility index (Phi) is 4.26. The van der Waals surface area contributed by atoms with E-state index in [0.29, 0.717) is 19.6 Å². The summed E-state index contributed by atoms with van der Waals surface area (Å²) in [4.78, 5) is 10.7. The summed E-state index contributed by atoms with van der Waals surface area (Å²) in [5, 5.41) is 18.3. The average Bonchev–Trinajstić information content (AvgIpc) is 2.39.